The Morgan fingerprint density at radius 1 is 1.10 bits per heavy atom. The van der Waals surface area contributed by atoms with Crippen molar-refractivity contribution in [3.63, 3.8) is 0 Å². The third-order valence-corrected chi connectivity index (χ3v) is 5.83. The molecule has 2 aromatic carbocycles. The molecule has 0 bridgehead atoms. The molecule has 3 N–H and O–H groups in total. The highest BCUT2D eigenvalue weighted by molar-refractivity contribution is 8.00. The Bertz CT molecular complexity index is 1190. The van der Waals surface area contributed by atoms with E-state index in [1.165, 1.54) is 17.5 Å². The number of aromatic nitrogens is 3. The van der Waals surface area contributed by atoms with Crippen molar-refractivity contribution in [1.29, 1.82) is 0 Å². The molecule has 0 atom stereocenters. The SMILES string of the molecule is CCc1ccc(SNc2noc3cc(Cn4cc(CN)cn4)cc(OC)c23)c(OC)c1. The normalized spacial score (nSPS) is 11.1. The molecule has 31 heavy (non-hydrogen) atoms. The van der Waals surface area contributed by atoms with E-state index in [4.69, 9.17) is 19.7 Å². The summed E-state index contributed by atoms with van der Waals surface area (Å²) in [5.74, 6) is 2.08. The lowest BCUT2D eigenvalue weighted by atomic mass is 10.1. The van der Waals surface area contributed by atoms with Gasteiger partial charge in [-0.1, -0.05) is 18.1 Å². The molecule has 0 saturated heterocycles. The van der Waals surface area contributed by atoms with E-state index in [0.717, 1.165) is 33.6 Å². The summed E-state index contributed by atoms with van der Waals surface area (Å²) in [5.41, 5.74) is 9.50. The minimum Gasteiger partial charge on any atom is -0.496 e. The minimum absolute atomic E-state index is 0.461. The Morgan fingerprint density at radius 2 is 1.90 bits per heavy atom. The molecule has 0 aliphatic rings. The zero-order valence-corrected chi connectivity index (χ0v) is 18.5. The molecule has 9 heteroatoms. The number of anilines is 1. The van der Waals surface area contributed by atoms with E-state index in [-0.39, 0.29) is 0 Å². The molecule has 0 amide bonds. The monoisotopic (exact) mass is 439 g/mol. The molecule has 2 aromatic heterocycles. The first-order valence-corrected chi connectivity index (χ1v) is 10.7. The Hall–Kier alpha value is -3.17. The summed E-state index contributed by atoms with van der Waals surface area (Å²) >= 11 is 1.42. The van der Waals surface area contributed by atoms with Gasteiger partial charge in [-0.3, -0.25) is 4.68 Å². The Balaban J connectivity index is 1.58. The molecule has 2 heterocycles. The second-order valence-corrected chi connectivity index (χ2v) is 7.84. The molecular weight excluding hydrogens is 414 g/mol. The topological polar surface area (TPSA) is 100 Å². The zero-order chi connectivity index (χ0) is 21.8. The van der Waals surface area contributed by atoms with Gasteiger partial charge in [0.05, 0.1) is 31.9 Å². The molecular formula is C22H25N5O3S. The van der Waals surface area contributed by atoms with Gasteiger partial charge in [0.25, 0.3) is 0 Å². The molecule has 0 spiro atoms. The van der Waals surface area contributed by atoms with Crippen molar-refractivity contribution in [3.8, 4) is 11.5 Å². The molecule has 0 saturated carbocycles. The fourth-order valence-corrected chi connectivity index (χ4v) is 4.04. The number of ether oxygens (including phenoxy) is 2. The van der Waals surface area contributed by atoms with Gasteiger partial charge in [0, 0.05) is 18.3 Å². The van der Waals surface area contributed by atoms with Crippen LogP contribution in [0.25, 0.3) is 11.0 Å². The number of rotatable bonds is 9. The second kappa shape index (κ2) is 9.32. The minimum atomic E-state index is 0.461. The van der Waals surface area contributed by atoms with Crippen molar-refractivity contribution in [3.05, 3.63) is 59.4 Å². The summed E-state index contributed by atoms with van der Waals surface area (Å²) in [4.78, 5) is 0.959. The summed E-state index contributed by atoms with van der Waals surface area (Å²) < 4.78 is 21.9. The van der Waals surface area contributed by atoms with Gasteiger partial charge >= 0.3 is 0 Å². The van der Waals surface area contributed by atoms with Gasteiger partial charge in [-0.25, -0.2) is 0 Å². The molecule has 8 nitrogen and oxygen atoms in total. The van der Waals surface area contributed by atoms with E-state index in [2.05, 4.69) is 28.0 Å². The third-order valence-electron chi connectivity index (χ3n) is 4.98. The van der Waals surface area contributed by atoms with Crippen molar-refractivity contribution in [2.75, 3.05) is 18.9 Å². The van der Waals surface area contributed by atoms with Crippen molar-refractivity contribution < 1.29 is 14.0 Å². The van der Waals surface area contributed by atoms with E-state index in [9.17, 15) is 0 Å². The lowest BCUT2D eigenvalue weighted by Gasteiger charge is -2.10. The van der Waals surface area contributed by atoms with Gasteiger partial charge in [-0.2, -0.15) is 5.10 Å². The Kier molecular flexibility index (Phi) is 6.34. The lowest BCUT2D eigenvalue weighted by Crippen LogP contribution is -2.01. The fraction of sp³-hybridized carbons (Fsp3) is 0.273. The third kappa shape index (κ3) is 4.47. The van der Waals surface area contributed by atoms with Gasteiger partial charge in [-0.15, -0.1) is 0 Å². The lowest BCUT2D eigenvalue weighted by molar-refractivity contribution is 0.404. The maximum atomic E-state index is 5.67. The van der Waals surface area contributed by atoms with E-state index in [1.807, 2.05) is 35.1 Å². The standard InChI is InChI=1S/C22H25N5O3S/c1-4-14-5-6-20(17(7-14)28-2)31-26-22-21-18(29-3)8-15(9-19(21)30-25-22)12-27-13-16(10-23)11-24-27/h5-9,11,13H,4,10,12,23H2,1-3H3,(H,25,26). The van der Waals surface area contributed by atoms with Crippen LogP contribution in [0.1, 0.15) is 23.6 Å². The Labute approximate surface area is 184 Å². The van der Waals surface area contributed by atoms with Crippen LogP contribution in [0.15, 0.2) is 52.1 Å². The van der Waals surface area contributed by atoms with Crippen molar-refractivity contribution in [2.45, 2.75) is 31.3 Å². The number of methoxy groups -OCH3 is 2. The first-order valence-electron chi connectivity index (χ1n) is 9.92. The van der Waals surface area contributed by atoms with Crippen LogP contribution >= 0.6 is 11.9 Å². The van der Waals surface area contributed by atoms with Crippen LogP contribution in [0.4, 0.5) is 5.82 Å². The van der Waals surface area contributed by atoms with E-state index in [0.29, 0.717) is 30.2 Å². The average molecular weight is 440 g/mol. The van der Waals surface area contributed by atoms with Crippen LogP contribution in [-0.2, 0) is 19.5 Å². The summed E-state index contributed by atoms with van der Waals surface area (Å²) in [7, 11) is 3.31. The highest BCUT2D eigenvalue weighted by Crippen LogP contribution is 2.37. The predicted molar refractivity (Wildman–Crippen MR) is 122 cm³/mol. The van der Waals surface area contributed by atoms with Crippen LogP contribution in [0, 0.1) is 0 Å². The van der Waals surface area contributed by atoms with Crippen molar-refractivity contribution >= 4 is 28.7 Å². The molecule has 0 aliphatic heterocycles. The quantitative estimate of drug-likeness (QED) is 0.374. The van der Waals surface area contributed by atoms with Crippen molar-refractivity contribution in [2.24, 2.45) is 5.73 Å². The molecule has 0 radical (unpaired) electrons. The highest BCUT2D eigenvalue weighted by atomic mass is 32.2. The summed E-state index contributed by atoms with van der Waals surface area (Å²) in [5, 5.41) is 9.33. The zero-order valence-electron chi connectivity index (χ0n) is 17.7. The van der Waals surface area contributed by atoms with Gasteiger partial charge in [-0.05, 0) is 53.8 Å². The average Bonchev–Trinajstić information content (AvgIpc) is 3.43. The number of nitrogens with zero attached hydrogens (tertiary/aromatic N) is 3. The molecule has 0 unspecified atom stereocenters. The summed E-state index contributed by atoms with van der Waals surface area (Å²) in [6.45, 7) is 3.15. The maximum absolute atomic E-state index is 5.67. The molecule has 0 aliphatic carbocycles. The van der Waals surface area contributed by atoms with Crippen molar-refractivity contribution in [1.82, 2.24) is 14.9 Å². The largest absolute Gasteiger partial charge is 0.496 e. The maximum Gasteiger partial charge on any atom is 0.191 e. The fourth-order valence-electron chi connectivity index (χ4n) is 3.32. The van der Waals surface area contributed by atoms with Crippen LogP contribution in [0.2, 0.25) is 0 Å². The van der Waals surface area contributed by atoms with Crippen LogP contribution in [0.5, 0.6) is 11.5 Å². The van der Waals surface area contributed by atoms with E-state index in [1.54, 1.807) is 20.4 Å². The number of aryl methyl sites for hydroxylation is 1. The predicted octanol–water partition coefficient (Wildman–Crippen LogP) is 4.23. The molecule has 4 rings (SSSR count). The first kappa shape index (κ1) is 21.1. The number of hydrogen-bond acceptors (Lipinski definition) is 8. The number of fused-ring (bicyclic) bond motifs is 1. The second-order valence-electron chi connectivity index (χ2n) is 7.00. The Morgan fingerprint density at radius 3 is 2.61 bits per heavy atom. The van der Waals surface area contributed by atoms with Gasteiger partial charge in [0.2, 0.25) is 0 Å². The van der Waals surface area contributed by atoms with Crippen LogP contribution < -0.4 is 19.9 Å². The first-order chi connectivity index (χ1) is 15.1. The van der Waals surface area contributed by atoms with Crippen LogP contribution in [-0.4, -0.2) is 29.2 Å². The number of hydrogen-bond donors (Lipinski definition) is 2. The number of nitrogens with two attached hydrogens (primary N) is 1. The summed E-state index contributed by atoms with van der Waals surface area (Å²) in [6, 6.07) is 10.1. The smallest absolute Gasteiger partial charge is 0.191 e. The van der Waals surface area contributed by atoms with Gasteiger partial charge in [0.15, 0.2) is 11.4 Å². The summed E-state index contributed by atoms with van der Waals surface area (Å²) in [6.07, 6.45) is 4.65. The van der Waals surface area contributed by atoms with Crippen LogP contribution in [0.3, 0.4) is 0 Å². The molecule has 162 valence electrons. The molecule has 4 aromatic rings. The highest BCUT2D eigenvalue weighted by Gasteiger charge is 2.17. The van der Waals surface area contributed by atoms with E-state index < -0.39 is 0 Å². The number of nitrogens with one attached hydrogen (secondary N) is 1. The van der Waals surface area contributed by atoms with Gasteiger partial charge in [0.1, 0.15) is 16.9 Å². The molecule has 0 fully saturated rings. The van der Waals surface area contributed by atoms with E-state index >= 15 is 0 Å². The number of benzene rings is 2. The van der Waals surface area contributed by atoms with Gasteiger partial charge < -0.3 is 24.5 Å².